The number of hydrogen-bond donors (Lipinski definition) is 1. The van der Waals surface area contributed by atoms with Gasteiger partial charge in [-0.25, -0.2) is 8.42 Å². The summed E-state index contributed by atoms with van der Waals surface area (Å²) in [4.78, 5) is 10.4. The predicted octanol–water partition coefficient (Wildman–Crippen LogP) is 2.71. The van der Waals surface area contributed by atoms with E-state index in [1.807, 2.05) is 6.92 Å². The van der Waals surface area contributed by atoms with Gasteiger partial charge in [0.05, 0.1) is 22.6 Å². The van der Waals surface area contributed by atoms with Crippen LogP contribution < -0.4 is 9.46 Å². The van der Waals surface area contributed by atoms with E-state index in [9.17, 15) is 18.5 Å². The van der Waals surface area contributed by atoms with Gasteiger partial charge in [-0.05, 0) is 31.2 Å². The molecule has 0 bridgehead atoms. The van der Waals surface area contributed by atoms with Crippen molar-refractivity contribution in [3.05, 3.63) is 58.1 Å². The highest BCUT2D eigenvalue weighted by Crippen LogP contribution is 2.30. The molecule has 8 heteroatoms. The highest BCUT2D eigenvalue weighted by atomic mass is 32.2. The fourth-order valence-corrected chi connectivity index (χ4v) is 2.88. The molecule has 22 heavy (non-hydrogen) atoms. The molecule has 0 atom stereocenters. The van der Waals surface area contributed by atoms with Crippen LogP contribution in [-0.4, -0.2) is 20.5 Å². The van der Waals surface area contributed by atoms with Crippen LogP contribution in [0.15, 0.2) is 47.4 Å². The second kappa shape index (κ2) is 6.02. The van der Waals surface area contributed by atoms with E-state index in [2.05, 4.69) is 4.72 Å². The fraction of sp³-hybridized carbons (Fsp3) is 0.143. The number of anilines is 1. The Morgan fingerprint density at radius 2 is 1.77 bits per heavy atom. The second-order valence-electron chi connectivity index (χ2n) is 4.56. The molecule has 0 aliphatic rings. The number of rotatable bonds is 5. The van der Waals surface area contributed by atoms with E-state index in [4.69, 9.17) is 4.74 Å². The van der Waals surface area contributed by atoms with Gasteiger partial charge in [0.25, 0.3) is 10.0 Å². The Morgan fingerprint density at radius 3 is 2.32 bits per heavy atom. The van der Waals surface area contributed by atoms with Crippen molar-refractivity contribution in [3.8, 4) is 5.75 Å². The van der Waals surface area contributed by atoms with Crippen LogP contribution in [0.4, 0.5) is 11.4 Å². The average Bonchev–Trinajstić information content (AvgIpc) is 2.47. The Balaban J connectivity index is 2.35. The highest BCUT2D eigenvalue weighted by molar-refractivity contribution is 7.92. The molecule has 0 radical (unpaired) electrons. The fourth-order valence-electron chi connectivity index (χ4n) is 1.83. The molecule has 0 aliphatic heterocycles. The number of aryl methyl sites for hydroxylation is 1. The molecule has 7 nitrogen and oxygen atoms in total. The molecular weight excluding hydrogens is 308 g/mol. The number of nitro groups is 1. The van der Waals surface area contributed by atoms with Gasteiger partial charge >= 0.3 is 5.69 Å². The van der Waals surface area contributed by atoms with Crippen molar-refractivity contribution in [3.63, 3.8) is 0 Å². The molecule has 1 N–H and O–H groups in total. The lowest BCUT2D eigenvalue weighted by Crippen LogP contribution is -2.13. The van der Waals surface area contributed by atoms with E-state index in [0.29, 0.717) is 0 Å². The van der Waals surface area contributed by atoms with Crippen molar-refractivity contribution in [1.82, 2.24) is 0 Å². The van der Waals surface area contributed by atoms with Crippen LogP contribution in [-0.2, 0) is 10.0 Å². The van der Waals surface area contributed by atoms with Crippen molar-refractivity contribution >= 4 is 21.4 Å². The summed E-state index contributed by atoms with van der Waals surface area (Å²) < 4.78 is 31.7. The second-order valence-corrected chi connectivity index (χ2v) is 6.24. The van der Waals surface area contributed by atoms with Gasteiger partial charge in [0.15, 0.2) is 5.75 Å². The zero-order valence-electron chi connectivity index (χ0n) is 11.9. The predicted molar refractivity (Wildman–Crippen MR) is 81.6 cm³/mol. The van der Waals surface area contributed by atoms with Crippen LogP contribution in [0, 0.1) is 17.0 Å². The summed E-state index contributed by atoms with van der Waals surface area (Å²) in [5, 5.41) is 11.0. The Labute approximate surface area is 127 Å². The van der Waals surface area contributed by atoms with Crippen LogP contribution >= 0.6 is 0 Å². The van der Waals surface area contributed by atoms with Gasteiger partial charge in [0.2, 0.25) is 0 Å². The quantitative estimate of drug-likeness (QED) is 0.674. The number of sulfonamides is 1. The highest BCUT2D eigenvalue weighted by Gasteiger charge is 2.19. The van der Waals surface area contributed by atoms with E-state index in [1.54, 1.807) is 12.1 Å². The minimum absolute atomic E-state index is 0.0586. The molecule has 0 amide bonds. The maximum absolute atomic E-state index is 12.2. The molecule has 2 aromatic rings. The van der Waals surface area contributed by atoms with Crippen LogP contribution in [0.1, 0.15) is 5.56 Å². The summed E-state index contributed by atoms with van der Waals surface area (Å²) in [6.07, 6.45) is 0. The van der Waals surface area contributed by atoms with Gasteiger partial charge in [0, 0.05) is 6.07 Å². The number of nitro benzene ring substituents is 1. The molecule has 0 spiro atoms. The summed E-state index contributed by atoms with van der Waals surface area (Å²) >= 11 is 0. The standard InChI is InChI=1S/C14H14N2O5S/c1-10-3-6-12(7-4-10)22(19,20)15-11-5-8-14(21-2)13(9-11)16(17)18/h3-9,15H,1-2H3. The van der Waals surface area contributed by atoms with E-state index in [0.717, 1.165) is 11.6 Å². The number of ether oxygens (including phenoxy) is 1. The third kappa shape index (κ3) is 3.34. The van der Waals surface area contributed by atoms with Crippen molar-refractivity contribution in [2.45, 2.75) is 11.8 Å². The lowest BCUT2D eigenvalue weighted by atomic mass is 10.2. The number of nitrogens with one attached hydrogen (secondary N) is 1. The summed E-state index contributed by atoms with van der Waals surface area (Å²) in [5.41, 5.74) is 0.707. The lowest BCUT2D eigenvalue weighted by molar-refractivity contribution is -0.385. The zero-order valence-corrected chi connectivity index (χ0v) is 12.8. The summed E-state index contributed by atoms with van der Waals surface area (Å²) in [6.45, 7) is 1.84. The first-order chi connectivity index (χ1) is 10.3. The van der Waals surface area contributed by atoms with Gasteiger partial charge in [-0.3, -0.25) is 14.8 Å². The van der Waals surface area contributed by atoms with Gasteiger partial charge in [-0.2, -0.15) is 0 Å². The average molecular weight is 322 g/mol. The number of hydrogen-bond acceptors (Lipinski definition) is 5. The number of nitrogens with zero attached hydrogens (tertiary/aromatic N) is 1. The first-order valence-electron chi connectivity index (χ1n) is 6.25. The molecule has 116 valence electrons. The van der Waals surface area contributed by atoms with E-state index in [1.165, 1.54) is 31.4 Å². The van der Waals surface area contributed by atoms with Crippen LogP contribution in [0.2, 0.25) is 0 Å². The first kappa shape index (κ1) is 15.8. The molecular formula is C14H14N2O5S. The summed E-state index contributed by atoms with van der Waals surface area (Å²) in [5.74, 6) is 0.0586. The minimum atomic E-state index is -3.81. The summed E-state index contributed by atoms with van der Waals surface area (Å²) in [7, 11) is -2.50. The van der Waals surface area contributed by atoms with Crippen LogP contribution in [0.5, 0.6) is 5.75 Å². The molecule has 0 aliphatic carbocycles. The Bertz CT molecular complexity index is 800. The van der Waals surface area contributed by atoms with Crippen LogP contribution in [0.25, 0.3) is 0 Å². The number of benzene rings is 2. The SMILES string of the molecule is COc1ccc(NS(=O)(=O)c2ccc(C)cc2)cc1[N+](=O)[O-]. The van der Waals surface area contributed by atoms with Crippen molar-refractivity contribution in [2.24, 2.45) is 0 Å². The lowest BCUT2D eigenvalue weighted by Gasteiger charge is -2.09. The van der Waals surface area contributed by atoms with Crippen molar-refractivity contribution in [1.29, 1.82) is 0 Å². The monoisotopic (exact) mass is 322 g/mol. The molecule has 2 aromatic carbocycles. The molecule has 0 saturated heterocycles. The maximum atomic E-state index is 12.2. The smallest absolute Gasteiger partial charge is 0.312 e. The van der Waals surface area contributed by atoms with Gasteiger partial charge < -0.3 is 4.74 Å². The normalized spacial score (nSPS) is 11.0. The minimum Gasteiger partial charge on any atom is -0.490 e. The van der Waals surface area contributed by atoms with E-state index >= 15 is 0 Å². The molecule has 0 fully saturated rings. The Kier molecular flexibility index (Phi) is 4.32. The Morgan fingerprint density at radius 1 is 1.14 bits per heavy atom. The Hall–Kier alpha value is -2.61. The molecule has 0 aromatic heterocycles. The third-order valence-electron chi connectivity index (χ3n) is 2.96. The molecule has 2 rings (SSSR count). The van der Waals surface area contributed by atoms with E-state index in [-0.39, 0.29) is 22.0 Å². The topological polar surface area (TPSA) is 98.5 Å². The van der Waals surface area contributed by atoms with Gasteiger partial charge in [0.1, 0.15) is 0 Å². The molecule has 0 heterocycles. The van der Waals surface area contributed by atoms with E-state index < -0.39 is 14.9 Å². The van der Waals surface area contributed by atoms with Crippen LogP contribution in [0.3, 0.4) is 0 Å². The zero-order chi connectivity index (χ0) is 16.3. The largest absolute Gasteiger partial charge is 0.490 e. The third-order valence-corrected chi connectivity index (χ3v) is 4.36. The van der Waals surface area contributed by atoms with Gasteiger partial charge in [-0.15, -0.1) is 0 Å². The molecule has 0 unspecified atom stereocenters. The van der Waals surface area contributed by atoms with Gasteiger partial charge in [-0.1, -0.05) is 17.7 Å². The molecule has 0 saturated carbocycles. The number of methoxy groups -OCH3 is 1. The first-order valence-corrected chi connectivity index (χ1v) is 7.74. The maximum Gasteiger partial charge on any atom is 0.312 e. The summed E-state index contributed by atoms with van der Waals surface area (Å²) in [6, 6.07) is 10.1. The van der Waals surface area contributed by atoms with Crippen molar-refractivity contribution in [2.75, 3.05) is 11.8 Å². The van der Waals surface area contributed by atoms with Crippen molar-refractivity contribution < 1.29 is 18.1 Å².